The first kappa shape index (κ1) is 11.7. The summed E-state index contributed by atoms with van der Waals surface area (Å²) in [4.78, 5) is 0. The Morgan fingerprint density at radius 3 is 2.71 bits per heavy atom. The van der Waals surface area contributed by atoms with E-state index in [1.165, 1.54) is 12.1 Å². The van der Waals surface area contributed by atoms with Crippen LogP contribution < -0.4 is 10.5 Å². The minimum atomic E-state index is -0.346. The average Bonchev–Trinajstić information content (AvgIpc) is 2.26. The van der Waals surface area contributed by atoms with Crippen LogP contribution in [0.2, 0.25) is 5.02 Å². The average molecular weight is 252 g/mol. The predicted octanol–water partition coefficient (Wildman–Crippen LogP) is 4.16. The molecular weight excluding hydrogens is 241 g/mol. The number of nitrogens with two attached hydrogens (primary N) is 1. The molecule has 0 heterocycles. The Hall–Kier alpha value is -1.74. The normalized spacial score (nSPS) is 10.3. The Balaban J connectivity index is 2.33. The number of rotatable bonds is 2. The molecule has 0 bridgehead atoms. The van der Waals surface area contributed by atoms with Crippen molar-refractivity contribution >= 4 is 17.3 Å². The van der Waals surface area contributed by atoms with Crippen molar-refractivity contribution in [2.24, 2.45) is 0 Å². The van der Waals surface area contributed by atoms with Crippen LogP contribution in [0.4, 0.5) is 10.1 Å². The van der Waals surface area contributed by atoms with Crippen LogP contribution in [0.15, 0.2) is 36.4 Å². The molecule has 2 N–H and O–H groups in total. The van der Waals surface area contributed by atoms with Gasteiger partial charge in [-0.2, -0.15) is 0 Å². The number of hydrogen-bond donors (Lipinski definition) is 1. The minimum Gasteiger partial charge on any atom is -0.457 e. The zero-order valence-corrected chi connectivity index (χ0v) is 9.96. The lowest BCUT2D eigenvalue weighted by Crippen LogP contribution is -1.92. The van der Waals surface area contributed by atoms with E-state index in [2.05, 4.69) is 0 Å². The SMILES string of the molecule is Cc1cc(N)c(Cl)cc1Oc1cccc(F)c1. The highest BCUT2D eigenvalue weighted by atomic mass is 35.5. The van der Waals surface area contributed by atoms with Crippen molar-refractivity contribution in [2.75, 3.05) is 5.73 Å². The summed E-state index contributed by atoms with van der Waals surface area (Å²) in [7, 11) is 0. The fraction of sp³-hybridized carbons (Fsp3) is 0.0769. The third kappa shape index (κ3) is 2.68. The minimum absolute atomic E-state index is 0.346. The van der Waals surface area contributed by atoms with Crippen molar-refractivity contribution in [2.45, 2.75) is 6.92 Å². The van der Waals surface area contributed by atoms with Crippen LogP contribution in [-0.4, -0.2) is 0 Å². The van der Waals surface area contributed by atoms with Gasteiger partial charge in [-0.3, -0.25) is 0 Å². The largest absolute Gasteiger partial charge is 0.457 e. The number of benzene rings is 2. The molecule has 0 atom stereocenters. The van der Waals surface area contributed by atoms with Gasteiger partial charge in [0.15, 0.2) is 0 Å². The molecule has 0 unspecified atom stereocenters. The van der Waals surface area contributed by atoms with Gasteiger partial charge in [-0.25, -0.2) is 4.39 Å². The van der Waals surface area contributed by atoms with Crippen LogP contribution in [0.5, 0.6) is 11.5 Å². The first-order valence-corrected chi connectivity index (χ1v) is 5.43. The molecule has 2 aromatic rings. The van der Waals surface area contributed by atoms with Gasteiger partial charge in [-0.05, 0) is 30.7 Å². The molecule has 0 aromatic heterocycles. The van der Waals surface area contributed by atoms with Crippen molar-refractivity contribution in [3.8, 4) is 11.5 Å². The Bertz CT molecular complexity index is 557. The lowest BCUT2D eigenvalue weighted by Gasteiger charge is -2.10. The summed E-state index contributed by atoms with van der Waals surface area (Å²) in [5.74, 6) is 0.644. The fourth-order valence-electron chi connectivity index (χ4n) is 1.45. The highest BCUT2D eigenvalue weighted by molar-refractivity contribution is 6.33. The zero-order chi connectivity index (χ0) is 12.4. The van der Waals surface area contributed by atoms with Gasteiger partial charge in [0, 0.05) is 12.1 Å². The first-order valence-electron chi connectivity index (χ1n) is 5.05. The maximum Gasteiger partial charge on any atom is 0.131 e. The molecule has 2 aromatic carbocycles. The van der Waals surface area contributed by atoms with E-state index < -0.39 is 0 Å². The Morgan fingerprint density at radius 1 is 1.24 bits per heavy atom. The second-order valence-corrected chi connectivity index (χ2v) is 4.11. The molecule has 0 radical (unpaired) electrons. The van der Waals surface area contributed by atoms with Crippen LogP contribution in [0.25, 0.3) is 0 Å². The number of hydrogen-bond acceptors (Lipinski definition) is 2. The summed E-state index contributed by atoms with van der Waals surface area (Å²) in [6.07, 6.45) is 0. The summed E-state index contributed by atoms with van der Waals surface area (Å²) in [6, 6.07) is 9.26. The molecule has 0 amide bonds. The van der Waals surface area contributed by atoms with Crippen molar-refractivity contribution in [3.63, 3.8) is 0 Å². The third-order valence-electron chi connectivity index (χ3n) is 2.32. The second-order valence-electron chi connectivity index (χ2n) is 3.70. The molecule has 0 aliphatic rings. The molecule has 17 heavy (non-hydrogen) atoms. The van der Waals surface area contributed by atoms with Gasteiger partial charge in [0.05, 0.1) is 10.7 Å². The van der Waals surface area contributed by atoms with Crippen LogP contribution >= 0.6 is 11.6 Å². The Kier molecular flexibility index (Phi) is 3.20. The van der Waals surface area contributed by atoms with E-state index in [1.54, 1.807) is 24.3 Å². The third-order valence-corrected chi connectivity index (χ3v) is 2.65. The standard InChI is InChI=1S/C13H11ClFNO/c1-8-5-12(16)11(14)7-13(8)17-10-4-2-3-9(15)6-10/h2-7H,16H2,1H3. The summed E-state index contributed by atoms with van der Waals surface area (Å²) < 4.78 is 18.5. The van der Waals surface area contributed by atoms with Gasteiger partial charge in [0.25, 0.3) is 0 Å². The van der Waals surface area contributed by atoms with Gasteiger partial charge >= 0.3 is 0 Å². The summed E-state index contributed by atoms with van der Waals surface area (Å²) in [5.41, 5.74) is 7.00. The molecule has 0 aliphatic heterocycles. The van der Waals surface area contributed by atoms with Gasteiger partial charge in [0.1, 0.15) is 17.3 Å². The molecule has 0 saturated carbocycles. The van der Waals surface area contributed by atoms with Gasteiger partial charge < -0.3 is 10.5 Å². The molecule has 4 heteroatoms. The van der Waals surface area contributed by atoms with Crippen LogP contribution in [0, 0.1) is 12.7 Å². The van der Waals surface area contributed by atoms with Crippen molar-refractivity contribution in [1.29, 1.82) is 0 Å². The van der Waals surface area contributed by atoms with Gasteiger partial charge in [-0.1, -0.05) is 17.7 Å². The lowest BCUT2D eigenvalue weighted by molar-refractivity contribution is 0.473. The predicted molar refractivity (Wildman–Crippen MR) is 67.1 cm³/mol. The lowest BCUT2D eigenvalue weighted by atomic mass is 10.2. The Labute approximate surface area is 104 Å². The topological polar surface area (TPSA) is 35.2 Å². The molecular formula is C13H11ClFNO. The zero-order valence-electron chi connectivity index (χ0n) is 9.21. The molecule has 0 aliphatic carbocycles. The van der Waals surface area contributed by atoms with E-state index >= 15 is 0 Å². The van der Waals surface area contributed by atoms with Gasteiger partial charge in [-0.15, -0.1) is 0 Å². The second kappa shape index (κ2) is 4.63. The molecule has 2 nitrogen and oxygen atoms in total. The highest BCUT2D eigenvalue weighted by Crippen LogP contribution is 2.31. The number of aryl methyl sites for hydroxylation is 1. The highest BCUT2D eigenvalue weighted by Gasteiger charge is 2.06. The molecule has 2 rings (SSSR count). The van der Waals surface area contributed by atoms with E-state index in [0.717, 1.165) is 5.56 Å². The molecule has 0 spiro atoms. The van der Waals surface area contributed by atoms with Crippen LogP contribution in [0.3, 0.4) is 0 Å². The van der Waals surface area contributed by atoms with Crippen molar-refractivity contribution < 1.29 is 9.13 Å². The van der Waals surface area contributed by atoms with E-state index in [0.29, 0.717) is 22.2 Å². The van der Waals surface area contributed by atoms with Crippen LogP contribution in [-0.2, 0) is 0 Å². The van der Waals surface area contributed by atoms with E-state index in [9.17, 15) is 4.39 Å². The van der Waals surface area contributed by atoms with Crippen molar-refractivity contribution in [1.82, 2.24) is 0 Å². The monoisotopic (exact) mass is 251 g/mol. The maximum absolute atomic E-state index is 13.0. The van der Waals surface area contributed by atoms with E-state index in [-0.39, 0.29) is 5.82 Å². The number of halogens is 2. The molecule has 0 saturated heterocycles. The molecule has 88 valence electrons. The number of nitrogen functional groups attached to an aromatic ring is 1. The van der Waals surface area contributed by atoms with E-state index in [4.69, 9.17) is 22.1 Å². The van der Waals surface area contributed by atoms with Crippen LogP contribution in [0.1, 0.15) is 5.56 Å². The summed E-state index contributed by atoms with van der Waals surface area (Å²) in [6.45, 7) is 1.85. The maximum atomic E-state index is 13.0. The fourth-order valence-corrected chi connectivity index (χ4v) is 1.61. The summed E-state index contributed by atoms with van der Waals surface area (Å²) in [5, 5.41) is 0.419. The summed E-state index contributed by atoms with van der Waals surface area (Å²) >= 11 is 5.90. The smallest absolute Gasteiger partial charge is 0.131 e. The van der Waals surface area contributed by atoms with E-state index in [1.807, 2.05) is 6.92 Å². The quantitative estimate of drug-likeness (QED) is 0.814. The van der Waals surface area contributed by atoms with Gasteiger partial charge in [0.2, 0.25) is 0 Å². The van der Waals surface area contributed by atoms with Crippen molar-refractivity contribution in [3.05, 3.63) is 52.8 Å². The first-order chi connectivity index (χ1) is 8.06. The molecule has 0 fully saturated rings. The Morgan fingerprint density at radius 2 is 2.00 bits per heavy atom. The number of ether oxygens (including phenoxy) is 1. The number of anilines is 1.